The van der Waals surface area contributed by atoms with Gasteiger partial charge in [-0.15, -0.1) is 0 Å². The Hall–Kier alpha value is -2.24. The number of anilines is 1. The van der Waals surface area contributed by atoms with Gasteiger partial charge in [0.05, 0.1) is 6.10 Å². The van der Waals surface area contributed by atoms with Crippen LogP contribution >= 0.6 is 0 Å². The monoisotopic (exact) mass is 376 g/mol. The number of unbranched alkanes of at least 4 members (excludes halogenated alkanes) is 1. The molecule has 0 unspecified atom stereocenters. The lowest BCUT2D eigenvalue weighted by molar-refractivity contribution is 0.116. The molecular formula is C21H32N2O4. The fourth-order valence-electron chi connectivity index (χ4n) is 3.30. The predicted molar refractivity (Wildman–Crippen MR) is 106 cm³/mol. The maximum atomic E-state index is 12.8. The van der Waals surface area contributed by atoms with Gasteiger partial charge in [0, 0.05) is 24.3 Å². The van der Waals surface area contributed by atoms with Gasteiger partial charge in [0.15, 0.2) is 0 Å². The van der Waals surface area contributed by atoms with Crippen LogP contribution in [0.2, 0.25) is 0 Å². The normalized spacial score (nSPS) is 14.7. The number of nitrogens with one attached hydrogen (secondary N) is 1. The van der Waals surface area contributed by atoms with Crippen molar-refractivity contribution in [2.45, 2.75) is 77.9 Å². The quantitative estimate of drug-likeness (QED) is 0.675. The summed E-state index contributed by atoms with van der Waals surface area (Å²) in [7, 11) is 0. The van der Waals surface area contributed by atoms with E-state index in [1.165, 1.54) is 6.42 Å². The molecule has 0 heterocycles. The Balaban J connectivity index is 2.01. The van der Waals surface area contributed by atoms with Crippen LogP contribution in [0.4, 0.5) is 15.3 Å². The first-order valence-corrected chi connectivity index (χ1v) is 10.1. The standard InChI is InChI=1S/C21H32N2O4/c1-4-5-14-23(18-11-7-6-8-12-18)21(25)27-19-13-9-10-17(15-19)22-20(24)26-16(2)3/h9-10,13,15-16,18H,4-8,11-12,14H2,1-3H3,(H,22,24). The molecule has 2 amide bonds. The SMILES string of the molecule is CCCCN(C(=O)Oc1cccc(NC(=O)OC(C)C)c1)C1CCCCC1. The average Bonchev–Trinajstić information content (AvgIpc) is 2.62. The van der Waals surface area contributed by atoms with E-state index in [0.29, 0.717) is 11.4 Å². The zero-order valence-corrected chi connectivity index (χ0v) is 16.7. The van der Waals surface area contributed by atoms with E-state index in [1.807, 2.05) is 4.90 Å². The van der Waals surface area contributed by atoms with Gasteiger partial charge in [0.25, 0.3) is 0 Å². The van der Waals surface area contributed by atoms with Gasteiger partial charge < -0.3 is 14.4 Å². The summed E-state index contributed by atoms with van der Waals surface area (Å²) >= 11 is 0. The molecule has 1 aromatic rings. The summed E-state index contributed by atoms with van der Waals surface area (Å²) < 4.78 is 10.7. The largest absolute Gasteiger partial charge is 0.447 e. The molecule has 0 radical (unpaired) electrons. The van der Waals surface area contributed by atoms with Crippen molar-refractivity contribution in [3.63, 3.8) is 0 Å². The second-order valence-electron chi connectivity index (χ2n) is 7.31. The lowest BCUT2D eigenvalue weighted by Crippen LogP contribution is -2.43. The topological polar surface area (TPSA) is 67.9 Å². The number of carbonyl (C=O) groups is 2. The van der Waals surface area contributed by atoms with Gasteiger partial charge in [0.2, 0.25) is 0 Å². The van der Waals surface area contributed by atoms with E-state index in [2.05, 4.69) is 12.2 Å². The van der Waals surface area contributed by atoms with E-state index in [-0.39, 0.29) is 18.2 Å². The summed E-state index contributed by atoms with van der Waals surface area (Å²) in [5.41, 5.74) is 0.531. The molecule has 2 rings (SSSR count). The zero-order chi connectivity index (χ0) is 19.6. The molecule has 27 heavy (non-hydrogen) atoms. The fraction of sp³-hybridized carbons (Fsp3) is 0.619. The third-order valence-corrected chi connectivity index (χ3v) is 4.63. The van der Waals surface area contributed by atoms with Gasteiger partial charge in [-0.2, -0.15) is 0 Å². The molecule has 6 nitrogen and oxygen atoms in total. The molecular weight excluding hydrogens is 344 g/mol. The summed E-state index contributed by atoms with van der Waals surface area (Å²) in [6.45, 7) is 6.41. The smallest absolute Gasteiger partial charge is 0.415 e. The number of amides is 2. The molecule has 0 aliphatic heterocycles. The lowest BCUT2D eigenvalue weighted by atomic mass is 9.94. The highest BCUT2D eigenvalue weighted by Gasteiger charge is 2.26. The first-order valence-electron chi connectivity index (χ1n) is 10.1. The van der Waals surface area contributed by atoms with Crippen LogP contribution in [0.25, 0.3) is 0 Å². The van der Waals surface area contributed by atoms with Crippen molar-refractivity contribution in [3.8, 4) is 5.75 Å². The van der Waals surface area contributed by atoms with Crippen molar-refractivity contribution in [1.82, 2.24) is 4.90 Å². The Kier molecular flexibility index (Phi) is 8.43. The number of nitrogens with zero attached hydrogens (tertiary/aromatic N) is 1. The van der Waals surface area contributed by atoms with Crippen LogP contribution in [0.3, 0.4) is 0 Å². The summed E-state index contributed by atoms with van der Waals surface area (Å²) in [5, 5.41) is 2.65. The van der Waals surface area contributed by atoms with Gasteiger partial charge >= 0.3 is 12.2 Å². The third-order valence-electron chi connectivity index (χ3n) is 4.63. The molecule has 0 atom stereocenters. The zero-order valence-electron chi connectivity index (χ0n) is 16.7. The van der Waals surface area contributed by atoms with E-state index >= 15 is 0 Å². The molecule has 6 heteroatoms. The Labute approximate surface area is 162 Å². The molecule has 1 aliphatic rings. The minimum atomic E-state index is -0.528. The number of benzene rings is 1. The summed E-state index contributed by atoms with van der Waals surface area (Å²) in [4.78, 5) is 26.4. The Bertz CT molecular complexity index is 612. The average molecular weight is 376 g/mol. The lowest BCUT2D eigenvalue weighted by Gasteiger charge is -2.33. The van der Waals surface area contributed by atoms with Crippen molar-refractivity contribution in [2.24, 2.45) is 0 Å². The highest BCUT2D eigenvalue weighted by molar-refractivity contribution is 5.85. The molecule has 1 N–H and O–H groups in total. The van der Waals surface area contributed by atoms with E-state index < -0.39 is 6.09 Å². The molecule has 1 aromatic carbocycles. The third kappa shape index (κ3) is 7.12. The number of rotatable bonds is 7. The minimum Gasteiger partial charge on any atom is -0.447 e. The van der Waals surface area contributed by atoms with Crippen LogP contribution in [-0.4, -0.2) is 35.8 Å². The van der Waals surface area contributed by atoms with Crippen molar-refractivity contribution in [2.75, 3.05) is 11.9 Å². The van der Waals surface area contributed by atoms with Crippen LogP contribution < -0.4 is 10.1 Å². The number of hydrogen-bond acceptors (Lipinski definition) is 4. The van der Waals surface area contributed by atoms with Gasteiger partial charge in [-0.25, -0.2) is 9.59 Å². The van der Waals surface area contributed by atoms with E-state index in [0.717, 1.165) is 45.1 Å². The molecule has 0 aromatic heterocycles. The van der Waals surface area contributed by atoms with Crippen LogP contribution in [-0.2, 0) is 4.74 Å². The molecule has 150 valence electrons. The Morgan fingerprint density at radius 3 is 2.63 bits per heavy atom. The fourth-order valence-corrected chi connectivity index (χ4v) is 3.30. The summed E-state index contributed by atoms with van der Waals surface area (Å²) in [5.74, 6) is 0.416. The first-order chi connectivity index (χ1) is 13.0. The summed E-state index contributed by atoms with van der Waals surface area (Å²) in [6.07, 6.45) is 6.62. The first kappa shape index (κ1) is 21.1. The molecule has 1 aliphatic carbocycles. The van der Waals surface area contributed by atoms with Crippen LogP contribution in [0.15, 0.2) is 24.3 Å². The van der Waals surface area contributed by atoms with Gasteiger partial charge in [-0.3, -0.25) is 5.32 Å². The Morgan fingerprint density at radius 1 is 1.22 bits per heavy atom. The van der Waals surface area contributed by atoms with Crippen LogP contribution in [0.5, 0.6) is 5.75 Å². The number of hydrogen-bond donors (Lipinski definition) is 1. The summed E-state index contributed by atoms with van der Waals surface area (Å²) in [6, 6.07) is 7.09. The van der Waals surface area contributed by atoms with Crippen molar-refractivity contribution in [1.29, 1.82) is 0 Å². The second-order valence-corrected chi connectivity index (χ2v) is 7.31. The molecule has 0 saturated heterocycles. The maximum absolute atomic E-state index is 12.8. The predicted octanol–water partition coefficient (Wildman–Crippen LogP) is 5.58. The molecule has 0 spiro atoms. The van der Waals surface area contributed by atoms with Gasteiger partial charge in [0.1, 0.15) is 5.75 Å². The molecule has 0 bridgehead atoms. The van der Waals surface area contributed by atoms with Crippen LogP contribution in [0.1, 0.15) is 65.7 Å². The van der Waals surface area contributed by atoms with Gasteiger partial charge in [-0.05, 0) is 45.2 Å². The van der Waals surface area contributed by atoms with Crippen molar-refractivity contribution in [3.05, 3.63) is 24.3 Å². The van der Waals surface area contributed by atoms with Crippen molar-refractivity contribution < 1.29 is 19.1 Å². The molecule has 1 fully saturated rings. The maximum Gasteiger partial charge on any atom is 0.415 e. The van der Waals surface area contributed by atoms with Crippen molar-refractivity contribution >= 4 is 17.9 Å². The van der Waals surface area contributed by atoms with Crippen LogP contribution in [0, 0.1) is 0 Å². The number of carbonyl (C=O) groups excluding carboxylic acids is 2. The van der Waals surface area contributed by atoms with E-state index in [9.17, 15) is 9.59 Å². The Morgan fingerprint density at radius 2 is 1.96 bits per heavy atom. The van der Waals surface area contributed by atoms with E-state index in [1.54, 1.807) is 38.1 Å². The van der Waals surface area contributed by atoms with Gasteiger partial charge in [-0.1, -0.05) is 38.7 Å². The van der Waals surface area contributed by atoms with E-state index in [4.69, 9.17) is 9.47 Å². The highest BCUT2D eigenvalue weighted by Crippen LogP contribution is 2.25. The highest BCUT2D eigenvalue weighted by atomic mass is 16.6. The number of ether oxygens (including phenoxy) is 2. The molecule has 1 saturated carbocycles. The second kappa shape index (κ2) is 10.8. The minimum absolute atomic E-state index is 0.200.